The fourth-order valence-electron chi connectivity index (χ4n) is 4.72. The SMILES string of the molecule is COC(=O)[C@@H]1C[C@@H]2CCCC[C@@H]2N1C(=O)c1cc(C)nc2ccccc12. The molecule has 0 spiro atoms. The Morgan fingerprint density at radius 1 is 1.19 bits per heavy atom. The number of para-hydroxylation sites is 1. The van der Waals surface area contributed by atoms with E-state index in [0.29, 0.717) is 17.9 Å². The molecule has 0 unspecified atom stereocenters. The highest BCUT2D eigenvalue weighted by molar-refractivity contribution is 6.07. The molecule has 136 valence electrons. The molecule has 2 aliphatic rings. The highest BCUT2D eigenvalue weighted by atomic mass is 16.5. The zero-order valence-corrected chi connectivity index (χ0v) is 15.3. The van der Waals surface area contributed by atoms with Gasteiger partial charge in [0.1, 0.15) is 6.04 Å². The summed E-state index contributed by atoms with van der Waals surface area (Å²) in [5.74, 6) is 0.0188. The molecule has 1 saturated heterocycles. The molecule has 0 N–H and O–H groups in total. The molecule has 4 rings (SSSR count). The van der Waals surface area contributed by atoms with E-state index in [-0.39, 0.29) is 17.9 Å². The molecular weight excluding hydrogens is 328 g/mol. The summed E-state index contributed by atoms with van der Waals surface area (Å²) < 4.78 is 5.02. The topological polar surface area (TPSA) is 59.5 Å². The lowest BCUT2D eigenvalue weighted by molar-refractivity contribution is -0.145. The lowest BCUT2D eigenvalue weighted by Gasteiger charge is -2.33. The Balaban J connectivity index is 1.79. The number of fused-ring (bicyclic) bond motifs is 2. The van der Waals surface area contributed by atoms with Crippen LogP contribution in [0.2, 0.25) is 0 Å². The molecular formula is C21H24N2O3. The van der Waals surface area contributed by atoms with Crippen LogP contribution in [0.25, 0.3) is 10.9 Å². The molecule has 1 amide bonds. The molecule has 1 aromatic carbocycles. The first-order valence-electron chi connectivity index (χ1n) is 9.37. The summed E-state index contributed by atoms with van der Waals surface area (Å²) in [6, 6.07) is 9.19. The Labute approximate surface area is 153 Å². The van der Waals surface area contributed by atoms with Gasteiger partial charge < -0.3 is 9.64 Å². The molecule has 0 bridgehead atoms. The Morgan fingerprint density at radius 3 is 2.77 bits per heavy atom. The number of aryl methyl sites for hydroxylation is 1. The maximum Gasteiger partial charge on any atom is 0.328 e. The van der Waals surface area contributed by atoms with Crippen LogP contribution in [0.3, 0.4) is 0 Å². The molecule has 3 atom stereocenters. The van der Waals surface area contributed by atoms with Gasteiger partial charge in [0.2, 0.25) is 0 Å². The second-order valence-corrected chi connectivity index (χ2v) is 7.43. The molecule has 0 radical (unpaired) electrons. The highest BCUT2D eigenvalue weighted by Crippen LogP contribution is 2.41. The average molecular weight is 352 g/mol. The molecule has 1 aliphatic heterocycles. The molecule has 1 aliphatic carbocycles. The number of benzene rings is 1. The van der Waals surface area contributed by atoms with Crippen LogP contribution < -0.4 is 0 Å². The van der Waals surface area contributed by atoms with Gasteiger partial charge in [-0.15, -0.1) is 0 Å². The molecule has 1 aromatic heterocycles. The summed E-state index contributed by atoms with van der Waals surface area (Å²) in [4.78, 5) is 32.3. The summed E-state index contributed by atoms with van der Waals surface area (Å²) in [7, 11) is 1.40. The van der Waals surface area contributed by atoms with Gasteiger partial charge in [-0.05, 0) is 44.2 Å². The van der Waals surface area contributed by atoms with Gasteiger partial charge in [-0.2, -0.15) is 0 Å². The monoisotopic (exact) mass is 352 g/mol. The molecule has 2 fully saturated rings. The van der Waals surface area contributed by atoms with Crippen LogP contribution in [0.1, 0.15) is 48.2 Å². The normalized spacial score (nSPS) is 25.2. The third-order valence-corrected chi connectivity index (χ3v) is 5.87. The van der Waals surface area contributed by atoms with E-state index in [1.165, 1.54) is 13.5 Å². The minimum Gasteiger partial charge on any atom is -0.467 e. The number of rotatable bonds is 2. The van der Waals surface area contributed by atoms with Crippen molar-refractivity contribution in [3.63, 3.8) is 0 Å². The van der Waals surface area contributed by atoms with E-state index in [2.05, 4.69) is 4.98 Å². The van der Waals surface area contributed by atoms with E-state index >= 15 is 0 Å². The average Bonchev–Trinajstić information content (AvgIpc) is 3.05. The van der Waals surface area contributed by atoms with Gasteiger partial charge in [-0.1, -0.05) is 31.0 Å². The van der Waals surface area contributed by atoms with Gasteiger partial charge in [0, 0.05) is 17.1 Å². The molecule has 5 nitrogen and oxygen atoms in total. The lowest BCUT2D eigenvalue weighted by Crippen LogP contribution is -2.46. The first kappa shape index (κ1) is 17.0. The standard InChI is InChI=1S/C21H24N2O3/c1-13-11-16(15-8-4-5-9-17(15)22-13)20(24)23-18-10-6-3-7-14(18)12-19(23)21(25)26-2/h4-5,8-9,11,14,18-19H,3,6-7,10,12H2,1-2H3/t14-,18-,19-/m0/s1. The van der Waals surface area contributed by atoms with Gasteiger partial charge in [-0.3, -0.25) is 9.78 Å². The van der Waals surface area contributed by atoms with Gasteiger partial charge in [0.05, 0.1) is 18.2 Å². The largest absolute Gasteiger partial charge is 0.467 e. The highest BCUT2D eigenvalue weighted by Gasteiger charge is 2.48. The van der Waals surface area contributed by atoms with Gasteiger partial charge in [0.15, 0.2) is 0 Å². The third kappa shape index (κ3) is 2.75. The minimum absolute atomic E-state index is 0.0727. The van der Waals surface area contributed by atoms with Crippen molar-refractivity contribution in [3.05, 3.63) is 41.6 Å². The van der Waals surface area contributed by atoms with Gasteiger partial charge in [-0.25, -0.2) is 4.79 Å². The lowest BCUT2D eigenvalue weighted by atomic mass is 9.84. The number of pyridine rings is 1. The number of hydrogen-bond acceptors (Lipinski definition) is 4. The fourth-order valence-corrected chi connectivity index (χ4v) is 4.72. The maximum atomic E-state index is 13.6. The predicted octanol–water partition coefficient (Wildman–Crippen LogP) is 3.49. The zero-order valence-electron chi connectivity index (χ0n) is 15.3. The Hall–Kier alpha value is -2.43. The van der Waals surface area contributed by atoms with Gasteiger partial charge in [0.25, 0.3) is 5.91 Å². The molecule has 26 heavy (non-hydrogen) atoms. The number of ether oxygens (including phenoxy) is 1. The van der Waals surface area contributed by atoms with Crippen LogP contribution in [0.4, 0.5) is 0 Å². The number of esters is 1. The first-order valence-corrected chi connectivity index (χ1v) is 9.37. The molecule has 1 saturated carbocycles. The Morgan fingerprint density at radius 2 is 1.96 bits per heavy atom. The van der Waals surface area contributed by atoms with Crippen molar-refractivity contribution < 1.29 is 14.3 Å². The van der Waals surface area contributed by atoms with Gasteiger partial charge >= 0.3 is 5.97 Å². The molecule has 2 aromatic rings. The van der Waals surface area contributed by atoms with Crippen molar-refractivity contribution in [1.29, 1.82) is 0 Å². The number of carbonyl (C=O) groups excluding carboxylic acids is 2. The quantitative estimate of drug-likeness (QED) is 0.776. The molecule has 5 heteroatoms. The summed E-state index contributed by atoms with van der Waals surface area (Å²) in [6.45, 7) is 1.90. The summed E-state index contributed by atoms with van der Waals surface area (Å²) in [6.07, 6.45) is 5.04. The first-order chi connectivity index (χ1) is 12.6. The number of aromatic nitrogens is 1. The summed E-state index contributed by atoms with van der Waals surface area (Å²) in [5, 5.41) is 0.839. The van der Waals surface area contributed by atoms with Crippen LogP contribution in [0, 0.1) is 12.8 Å². The number of carbonyl (C=O) groups is 2. The number of hydrogen-bond donors (Lipinski definition) is 0. The van der Waals surface area contributed by atoms with Crippen LogP contribution in [-0.4, -0.2) is 41.0 Å². The number of amides is 1. The van der Waals surface area contributed by atoms with Crippen molar-refractivity contribution in [2.75, 3.05) is 7.11 Å². The summed E-state index contributed by atoms with van der Waals surface area (Å²) >= 11 is 0. The van der Waals surface area contributed by atoms with Crippen LogP contribution in [0.15, 0.2) is 30.3 Å². The van der Waals surface area contributed by atoms with E-state index in [9.17, 15) is 9.59 Å². The second kappa shape index (κ2) is 6.71. The number of methoxy groups -OCH3 is 1. The maximum absolute atomic E-state index is 13.6. The van der Waals surface area contributed by atoms with Crippen molar-refractivity contribution in [2.24, 2.45) is 5.92 Å². The minimum atomic E-state index is -0.479. The smallest absolute Gasteiger partial charge is 0.328 e. The van der Waals surface area contributed by atoms with Crippen LogP contribution in [-0.2, 0) is 9.53 Å². The predicted molar refractivity (Wildman–Crippen MR) is 98.8 cm³/mol. The van der Waals surface area contributed by atoms with E-state index in [1.807, 2.05) is 42.2 Å². The zero-order chi connectivity index (χ0) is 18.3. The van der Waals surface area contributed by atoms with E-state index in [4.69, 9.17) is 4.74 Å². The summed E-state index contributed by atoms with van der Waals surface area (Å²) in [5.41, 5.74) is 2.25. The van der Waals surface area contributed by atoms with Crippen molar-refractivity contribution in [1.82, 2.24) is 9.88 Å². The van der Waals surface area contributed by atoms with E-state index < -0.39 is 6.04 Å². The Kier molecular flexibility index (Phi) is 4.39. The second-order valence-electron chi connectivity index (χ2n) is 7.43. The third-order valence-electron chi connectivity index (χ3n) is 5.87. The van der Waals surface area contributed by atoms with E-state index in [1.54, 1.807) is 0 Å². The fraction of sp³-hybridized carbons (Fsp3) is 0.476. The van der Waals surface area contributed by atoms with Crippen molar-refractivity contribution in [3.8, 4) is 0 Å². The number of nitrogens with zero attached hydrogens (tertiary/aromatic N) is 2. The van der Waals surface area contributed by atoms with Crippen molar-refractivity contribution >= 4 is 22.8 Å². The van der Waals surface area contributed by atoms with E-state index in [0.717, 1.165) is 35.9 Å². The van der Waals surface area contributed by atoms with Crippen molar-refractivity contribution in [2.45, 2.75) is 51.1 Å². The van der Waals surface area contributed by atoms with Crippen LogP contribution in [0.5, 0.6) is 0 Å². The number of likely N-dealkylation sites (tertiary alicyclic amines) is 1. The molecule has 2 heterocycles. The van der Waals surface area contributed by atoms with Crippen LogP contribution >= 0.6 is 0 Å². The Bertz CT molecular complexity index is 863.